The van der Waals surface area contributed by atoms with E-state index in [4.69, 9.17) is 5.26 Å². The summed E-state index contributed by atoms with van der Waals surface area (Å²) < 4.78 is 27.7. The Kier molecular flexibility index (Phi) is 6.12. The van der Waals surface area contributed by atoms with Crippen LogP contribution >= 0.6 is 0 Å². The smallest absolute Gasteiger partial charge is 0.319 e. The summed E-state index contributed by atoms with van der Waals surface area (Å²) in [6.07, 6.45) is 0. The molecule has 0 aromatic heterocycles. The predicted molar refractivity (Wildman–Crippen MR) is 111 cm³/mol. The molecule has 0 saturated heterocycles. The quantitative estimate of drug-likeness (QED) is 0.580. The summed E-state index contributed by atoms with van der Waals surface area (Å²) in [5.41, 5.74) is 1.51. The number of nitrogens with one attached hydrogen (secondary N) is 3. The van der Waals surface area contributed by atoms with Gasteiger partial charge in [-0.05, 0) is 35.9 Å². The average molecular weight is 406 g/mol. The van der Waals surface area contributed by atoms with Gasteiger partial charge in [-0.1, -0.05) is 48.5 Å². The zero-order chi connectivity index (χ0) is 20.7. The second-order valence-electron chi connectivity index (χ2n) is 6.08. The van der Waals surface area contributed by atoms with E-state index in [2.05, 4.69) is 15.4 Å². The molecule has 0 aliphatic heterocycles. The maximum Gasteiger partial charge on any atom is 0.319 e. The topological polar surface area (TPSA) is 111 Å². The normalized spacial score (nSPS) is 10.6. The van der Waals surface area contributed by atoms with Gasteiger partial charge in [0.2, 0.25) is 0 Å². The number of urea groups is 1. The van der Waals surface area contributed by atoms with E-state index in [9.17, 15) is 13.2 Å². The van der Waals surface area contributed by atoms with Crippen molar-refractivity contribution in [3.05, 3.63) is 90.0 Å². The minimum Gasteiger partial charge on any atom is -0.334 e. The maximum absolute atomic E-state index is 12.6. The van der Waals surface area contributed by atoms with Crippen LogP contribution in [0.4, 0.5) is 16.2 Å². The molecule has 8 heteroatoms. The lowest BCUT2D eigenvalue weighted by Crippen LogP contribution is -2.28. The summed E-state index contributed by atoms with van der Waals surface area (Å²) in [5, 5.41) is 14.5. The highest BCUT2D eigenvalue weighted by Crippen LogP contribution is 2.26. The first kappa shape index (κ1) is 19.9. The van der Waals surface area contributed by atoms with Crippen molar-refractivity contribution < 1.29 is 13.2 Å². The van der Waals surface area contributed by atoms with Gasteiger partial charge < -0.3 is 10.6 Å². The number of rotatable bonds is 6. The number of nitrogens with zero attached hydrogens (tertiary/aromatic N) is 1. The van der Waals surface area contributed by atoms with Gasteiger partial charge in [-0.25, -0.2) is 13.2 Å². The van der Waals surface area contributed by atoms with Crippen LogP contribution in [0.5, 0.6) is 0 Å². The number of amides is 2. The SMILES string of the molecule is N#Cc1ccc(NC(=O)NCc2ccccc2)c(NS(=O)(=O)c2ccccc2)c1. The molecule has 3 aromatic rings. The largest absolute Gasteiger partial charge is 0.334 e. The number of nitriles is 1. The molecule has 0 bridgehead atoms. The third-order valence-electron chi connectivity index (χ3n) is 3.99. The van der Waals surface area contributed by atoms with Gasteiger partial charge in [0.25, 0.3) is 10.0 Å². The van der Waals surface area contributed by atoms with E-state index in [0.717, 1.165) is 5.56 Å². The fraction of sp³-hybridized carbons (Fsp3) is 0.0476. The first-order valence-electron chi connectivity index (χ1n) is 8.69. The molecule has 0 spiro atoms. The Hall–Kier alpha value is -3.83. The van der Waals surface area contributed by atoms with Crippen molar-refractivity contribution >= 4 is 27.4 Å². The van der Waals surface area contributed by atoms with E-state index in [1.165, 1.54) is 30.3 Å². The Balaban J connectivity index is 1.78. The van der Waals surface area contributed by atoms with Gasteiger partial charge in [0, 0.05) is 6.54 Å². The van der Waals surface area contributed by atoms with Crippen LogP contribution in [0.25, 0.3) is 0 Å². The van der Waals surface area contributed by atoms with Gasteiger partial charge in [-0.2, -0.15) is 5.26 Å². The molecule has 0 fully saturated rings. The van der Waals surface area contributed by atoms with Crippen molar-refractivity contribution in [2.75, 3.05) is 10.0 Å². The summed E-state index contributed by atoms with van der Waals surface area (Å²) in [7, 11) is -3.88. The zero-order valence-corrected chi connectivity index (χ0v) is 16.1. The van der Waals surface area contributed by atoms with Crippen molar-refractivity contribution in [1.29, 1.82) is 5.26 Å². The summed E-state index contributed by atoms with van der Waals surface area (Å²) >= 11 is 0. The van der Waals surface area contributed by atoms with Gasteiger partial charge in [0.15, 0.2) is 0 Å². The van der Waals surface area contributed by atoms with Crippen molar-refractivity contribution in [3.8, 4) is 6.07 Å². The molecule has 3 aromatic carbocycles. The van der Waals surface area contributed by atoms with Crippen LogP contribution in [0, 0.1) is 11.3 Å². The van der Waals surface area contributed by atoms with Crippen LogP contribution in [0.1, 0.15) is 11.1 Å². The Morgan fingerprint density at radius 2 is 1.55 bits per heavy atom. The molecule has 29 heavy (non-hydrogen) atoms. The van der Waals surface area contributed by atoms with E-state index in [-0.39, 0.29) is 21.8 Å². The van der Waals surface area contributed by atoms with Gasteiger partial charge >= 0.3 is 6.03 Å². The Labute approximate surface area is 169 Å². The highest BCUT2D eigenvalue weighted by Gasteiger charge is 2.17. The molecule has 3 rings (SSSR count). The second-order valence-corrected chi connectivity index (χ2v) is 7.77. The third-order valence-corrected chi connectivity index (χ3v) is 5.37. The van der Waals surface area contributed by atoms with Crippen LogP contribution in [0.2, 0.25) is 0 Å². The Morgan fingerprint density at radius 3 is 2.21 bits per heavy atom. The van der Waals surface area contributed by atoms with Crippen LogP contribution in [-0.2, 0) is 16.6 Å². The minimum absolute atomic E-state index is 0.0711. The van der Waals surface area contributed by atoms with E-state index in [1.807, 2.05) is 36.4 Å². The van der Waals surface area contributed by atoms with E-state index in [1.54, 1.807) is 18.2 Å². The number of anilines is 2. The van der Waals surface area contributed by atoms with E-state index < -0.39 is 16.1 Å². The number of carbonyl (C=O) groups is 1. The number of hydrogen-bond donors (Lipinski definition) is 3. The van der Waals surface area contributed by atoms with Gasteiger partial charge in [0.1, 0.15) is 0 Å². The van der Waals surface area contributed by atoms with Crippen molar-refractivity contribution in [2.24, 2.45) is 0 Å². The molecule has 0 unspecified atom stereocenters. The van der Waals surface area contributed by atoms with E-state index >= 15 is 0 Å². The fourth-order valence-corrected chi connectivity index (χ4v) is 3.65. The van der Waals surface area contributed by atoms with E-state index in [0.29, 0.717) is 6.54 Å². The molecule has 0 aliphatic rings. The molecule has 3 N–H and O–H groups in total. The molecule has 0 atom stereocenters. The molecule has 0 aliphatic carbocycles. The molecule has 2 amide bonds. The van der Waals surface area contributed by atoms with Crippen LogP contribution < -0.4 is 15.4 Å². The molecule has 146 valence electrons. The number of hydrogen-bond acceptors (Lipinski definition) is 4. The molecule has 0 radical (unpaired) electrons. The van der Waals surface area contributed by atoms with Crippen LogP contribution in [0.3, 0.4) is 0 Å². The maximum atomic E-state index is 12.6. The Bertz CT molecular complexity index is 1140. The van der Waals surface area contributed by atoms with Gasteiger partial charge in [-0.3, -0.25) is 4.72 Å². The second kappa shape index (κ2) is 8.91. The molecular weight excluding hydrogens is 388 g/mol. The summed E-state index contributed by atoms with van der Waals surface area (Å²) in [5.74, 6) is 0. The van der Waals surface area contributed by atoms with Crippen LogP contribution in [0.15, 0.2) is 83.8 Å². The summed E-state index contributed by atoms with van der Waals surface area (Å²) in [4.78, 5) is 12.3. The molecule has 0 heterocycles. The highest BCUT2D eigenvalue weighted by atomic mass is 32.2. The third kappa shape index (κ3) is 5.34. The first-order chi connectivity index (χ1) is 14.0. The lowest BCUT2D eigenvalue weighted by Gasteiger charge is -2.14. The number of sulfonamides is 1. The fourth-order valence-electron chi connectivity index (χ4n) is 2.56. The van der Waals surface area contributed by atoms with Gasteiger partial charge in [0.05, 0.1) is 27.9 Å². The zero-order valence-electron chi connectivity index (χ0n) is 15.3. The molecule has 7 nitrogen and oxygen atoms in total. The summed E-state index contributed by atoms with van der Waals surface area (Å²) in [6.45, 7) is 0.314. The van der Waals surface area contributed by atoms with Crippen molar-refractivity contribution in [2.45, 2.75) is 11.4 Å². The lowest BCUT2D eigenvalue weighted by atomic mass is 10.2. The predicted octanol–water partition coefficient (Wildman–Crippen LogP) is 3.68. The molecule has 0 saturated carbocycles. The van der Waals surface area contributed by atoms with Crippen molar-refractivity contribution in [1.82, 2.24) is 5.32 Å². The highest BCUT2D eigenvalue weighted by molar-refractivity contribution is 7.92. The monoisotopic (exact) mass is 406 g/mol. The lowest BCUT2D eigenvalue weighted by molar-refractivity contribution is 0.251. The van der Waals surface area contributed by atoms with Gasteiger partial charge in [-0.15, -0.1) is 0 Å². The average Bonchev–Trinajstić information content (AvgIpc) is 2.74. The van der Waals surface area contributed by atoms with Crippen molar-refractivity contribution in [3.63, 3.8) is 0 Å². The summed E-state index contributed by atoms with van der Waals surface area (Å²) in [6, 6.07) is 23.0. The Morgan fingerprint density at radius 1 is 0.897 bits per heavy atom. The standard InChI is InChI=1S/C21H18N4O3S/c22-14-17-11-12-19(24-21(26)23-15-16-7-3-1-4-8-16)20(13-17)25-29(27,28)18-9-5-2-6-10-18/h1-13,25H,15H2,(H2,23,24,26). The van der Waals surface area contributed by atoms with Crippen LogP contribution in [-0.4, -0.2) is 14.4 Å². The number of carbonyl (C=O) groups excluding carboxylic acids is 1. The minimum atomic E-state index is -3.88. The molecular formula is C21H18N4O3S. The first-order valence-corrected chi connectivity index (χ1v) is 10.2. The number of benzene rings is 3.